The van der Waals surface area contributed by atoms with E-state index in [4.69, 9.17) is 18.9 Å². The standard InChI is InChI=1S/C20H22N2O6S/c1-9-11(3)29-19-15(9)18(23)21-17(22-19)10(2)28-20(24)12-7-13(25-4)16(27-6)14(8-12)26-5/h7-8,10H,1-6H3,(H,21,22,23). The van der Waals surface area contributed by atoms with Crippen LogP contribution in [0.25, 0.3) is 10.2 Å². The summed E-state index contributed by atoms with van der Waals surface area (Å²) in [6.07, 6.45) is -0.763. The number of esters is 1. The minimum absolute atomic E-state index is 0.220. The number of H-pyrrole nitrogens is 1. The van der Waals surface area contributed by atoms with E-state index in [0.717, 1.165) is 10.4 Å². The highest BCUT2D eigenvalue weighted by molar-refractivity contribution is 7.18. The first kappa shape index (κ1) is 20.7. The van der Waals surface area contributed by atoms with Crippen molar-refractivity contribution in [2.45, 2.75) is 26.9 Å². The van der Waals surface area contributed by atoms with E-state index in [2.05, 4.69) is 9.97 Å². The van der Waals surface area contributed by atoms with Gasteiger partial charge in [0.25, 0.3) is 5.56 Å². The number of benzene rings is 1. The van der Waals surface area contributed by atoms with Crippen molar-refractivity contribution in [2.75, 3.05) is 21.3 Å². The van der Waals surface area contributed by atoms with Gasteiger partial charge in [0.05, 0.1) is 32.3 Å². The van der Waals surface area contributed by atoms with Gasteiger partial charge in [-0.2, -0.15) is 0 Å². The maximum Gasteiger partial charge on any atom is 0.339 e. The van der Waals surface area contributed by atoms with E-state index in [-0.39, 0.29) is 16.9 Å². The molecule has 1 aromatic carbocycles. The molecule has 0 amide bonds. The van der Waals surface area contributed by atoms with Crippen LogP contribution in [0, 0.1) is 13.8 Å². The molecule has 0 spiro atoms. The summed E-state index contributed by atoms with van der Waals surface area (Å²) in [5, 5.41) is 0.569. The summed E-state index contributed by atoms with van der Waals surface area (Å²) in [4.78, 5) is 34.0. The van der Waals surface area contributed by atoms with Crippen LogP contribution in [0.4, 0.5) is 0 Å². The van der Waals surface area contributed by atoms with Crippen LogP contribution in [0.15, 0.2) is 16.9 Å². The van der Waals surface area contributed by atoms with E-state index in [0.29, 0.717) is 27.5 Å². The number of aromatic amines is 1. The van der Waals surface area contributed by atoms with Crippen molar-refractivity contribution in [3.8, 4) is 17.2 Å². The molecule has 1 unspecified atom stereocenters. The lowest BCUT2D eigenvalue weighted by molar-refractivity contribution is 0.0319. The number of rotatable bonds is 6. The Hall–Kier alpha value is -3.07. The molecule has 3 aromatic rings. The summed E-state index contributed by atoms with van der Waals surface area (Å²) < 4.78 is 21.3. The van der Waals surface area contributed by atoms with Gasteiger partial charge in [0.2, 0.25) is 5.75 Å². The first-order valence-electron chi connectivity index (χ1n) is 8.81. The van der Waals surface area contributed by atoms with Gasteiger partial charge in [-0.1, -0.05) is 0 Å². The number of nitrogens with one attached hydrogen (secondary N) is 1. The van der Waals surface area contributed by atoms with E-state index in [1.54, 1.807) is 6.92 Å². The summed E-state index contributed by atoms with van der Waals surface area (Å²) in [5.41, 5.74) is 0.882. The molecule has 1 atom stereocenters. The van der Waals surface area contributed by atoms with Gasteiger partial charge in [-0.3, -0.25) is 4.79 Å². The number of aromatic nitrogens is 2. The van der Waals surface area contributed by atoms with Gasteiger partial charge in [0, 0.05) is 4.88 Å². The molecule has 2 heterocycles. The van der Waals surface area contributed by atoms with Crippen LogP contribution in [-0.4, -0.2) is 37.3 Å². The Balaban J connectivity index is 1.91. The van der Waals surface area contributed by atoms with Gasteiger partial charge < -0.3 is 23.9 Å². The second-order valence-corrected chi connectivity index (χ2v) is 7.58. The summed E-state index contributed by atoms with van der Waals surface area (Å²) in [5.74, 6) is 0.718. The Morgan fingerprint density at radius 1 is 1.10 bits per heavy atom. The fourth-order valence-electron chi connectivity index (χ4n) is 2.95. The fourth-order valence-corrected chi connectivity index (χ4v) is 3.98. The molecule has 154 valence electrons. The molecule has 8 nitrogen and oxygen atoms in total. The molecule has 0 aliphatic rings. The Kier molecular flexibility index (Phi) is 5.78. The Morgan fingerprint density at radius 3 is 2.28 bits per heavy atom. The Morgan fingerprint density at radius 2 is 1.72 bits per heavy atom. The first-order valence-corrected chi connectivity index (χ1v) is 9.63. The van der Waals surface area contributed by atoms with Crippen molar-refractivity contribution in [3.63, 3.8) is 0 Å². The van der Waals surface area contributed by atoms with Crippen LogP contribution in [0.1, 0.15) is 39.7 Å². The molecule has 0 aliphatic carbocycles. The number of carbonyl (C=O) groups is 1. The molecule has 0 saturated carbocycles. The Bertz CT molecular complexity index is 1110. The number of ether oxygens (including phenoxy) is 4. The van der Waals surface area contributed by atoms with Crippen LogP contribution in [0.2, 0.25) is 0 Å². The second-order valence-electron chi connectivity index (χ2n) is 6.38. The third-order valence-electron chi connectivity index (χ3n) is 4.63. The van der Waals surface area contributed by atoms with Crippen LogP contribution < -0.4 is 19.8 Å². The molecule has 0 bridgehead atoms. The summed E-state index contributed by atoms with van der Waals surface area (Å²) >= 11 is 1.44. The van der Waals surface area contributed by atoms with E-state index in [9.17, 15) is 9.59 Å². The van der Waals surface area contributed by atoms with Gasteiger partial charge in [0.15, 0.2) is 23.4 Å². The van der Waals surface area contributed by atoms with Crippen molar-refractivity contribution >= 4 is 27.5 Å². The predicted octanol–water partition coefficient (Wildman–Crippen LogP) is 3.55. The molecule has 3 rings (SSSR count). The maximum atomic E-state index is 12.7. The van der Waals surface area contributed by atoms with Crippen LogP contribution in [-0.2, 0) is 4.74 Å². The average molecular weight is 418 g/mol. The second kappa shape index (κ2) is 8.12. The van der Waals surface area contributed by atoms with Gasteiger partial charge in [0.1, 0.15) is 4.83 Å². The highest BCUT2D eigenvalue weighted by atomic mass is 32.1. The van der Waals surface area contributed by atoms with E-state index >= 15 is 0 Å². The molecule has 1 N–H and O–H groups in total. The summed E-state index contributed by atoms with van der Waals surface area (Å²) in [6, 6.07) is 3.00. The van der Waals surface area contributed by atoms with E-state index in [1.165, 1.54) is 44.8 Å². The molecule has 0 fully saturated rings. The molecule has 0 saturated heterocycles. The maximum absolute atomic E-state index is 12.7. The van der Waals surface area contributed by atoms with Crippen molar-refractivity contribution in [1.29, 1.82) is 0 Å². The third-order valence-corrected chi connectivity index (χ3v) is 5.73. The smallest absolute Gasteiger partial charge is 0.339 e. The number of hydrogen-bond acceptors (Lipinski definition) is 8. The number of hydrogen-bond donors (Lipinski definition) is 1. The fraction of sp³-hybridized carbons (Fsp3) is 0.350. The topological polar surface area (TPSA) is 99.7 Å². The lowest BCUT2D eigenvalue weighted by Gasteiger charge is -2.16. The number of carbonyl (C=O) groups excluding carboxylic acids is 1. The zero-order chi connectivity index (χ0) is 21.3. The third kappa shape index (κ3) is 3.77. The van der Waals surface area contributed by atoms with Crippen molar-refractivity contribution in [1.82, 2.24) is 9.97 Å². The molecule has 0 aliphatic heterocycles. The van der Waals surface area contributed by atoms with Crippen LogP contribution in [0.3, 0.4) is 0 Å². The van der Waals surface area contributed by atoms with Crippen LogP contribution >= 0.6 is 11.3 Å². The van der Waals surface area contributed by atoms with Crippen molar-refractivity contribution in [3.05, 3.63) is 44.3 Å². The average Bonchev–Trinajstić information content (AvgIpc) is 3.00. The number of nitrogens with zero attached hydrogens (tertiary/aromatic N) is 1. The largest absolute Gasteiger partial charge is 0.493 e. The first-order chi connectivity index (χ1) is 13.8. The molecule has 2 aromatic heterocycles. The van der Waals surface area contributed by atoms with Gasteiger partial charge in [-0.25, -0.2) is 9.78 Å². The predicted molar refractivity (Wildman–Crippen MR) is 110 cm³/mol. The zero-order valence-corrected chi connectivity index (χ0v) is 17.9. The van der Waals surface area contributed by atoms with Gasteiger partial charge >= 0.3 is 5.97 Å². The lowest BCUT2D eigenvalue weighted by atomic mass is 10.2. The SMILES string of the molecule is COc1cc(C(=O)OC(C)c2nc3sc(C)c(C)c3c(=O)[nH]2)cc(OC)c1OC. The highest BCUT2D eigenvalue weighted by Gasteiger charge is 2.22. The number of aryl methyl sites for hydroxylation is 2. The lowest BCUT2D eigenvalue weighted by Crippen LogP contribution is -2.17. The highest BCUT2D eigenvalue weighted by Crippen LogP contribution is 2.38. The Labute approximate surface area is 171 Å². The summed E-state index contributed by atoms with van der Waals surface area (Å²) in [6.45, 7) is 5.47. The van der Waals surface area contributed by atoms with Gasteiger partial charge in [-0.05, 0) is 38.5 Å². The monoisotopic (exact) mass is 418 g/mol. The number of methoxy groups -OCH3 is 3. The van der Waals surface area contributed by atoms with Crippen molar-refractivity contribution < 1.29 is 23.7 Å². The summed E-state index contributed by atoms with van der Waals surface area (Å²) in [7, 11) is 4.40. The minimum Gasteiger partial charge on any atom is -0.493 e. The van der Waals surface area contributed by atoms with Gasteiger partial charge in [-0.15, -0.1) is 11.3 Å². The number of thiophene rings is 1. The molecule has 9 heteroatoms. The zero-order valence-electron chi connectivity index (χ0n) is 17.0. The van der Waals surface area contributed by atoms with E-state index < -0.39 is 12.1 Å². The van der Waals surface area contributed by atoms with Crippen molar-refractivity contribution in [2.24, 2.45) is 0 Å². The quantitative estimate of drug-likeness (QED) is 0.611. The molecule has 0 radical (unpaired) electrons. The normalized spacial score (nSPS) is 11.9. The van der Waals surface area contributed by atoms with E-state index in [1.807, 2.05) is 13.8 Å². The molecular weight excluding hydrogens is 396 g/mol. The van der Waals surface area contributed by atoms with Crippen LogP contribution in [0.5, 0.6) is 17.2 Å². The minimum atomic E-state index is -0.763. The molecule has 29 heavy (non-hydrogen) atoms. The number of fused-ring (bicyclic) bond motifs is 1. The molecular formula is C20H22N2O6S.